The second kappa shape index (κ2) is 5.56. The van der Waals surface area contributed by atoms with Gasteiger partial charge < -0.3 is 5.21 Å². The summed E-state index contributed by atoms with van der Waals surface area (Å²) in [6.45, 7) is 2.20. The number of hydrogen-bond acceptors (Lipinski definition) is 3. The highest BCUT2D eigenvalue weighted by atomic mass is 16.5. The Balaban J connectivity index is 2.10. The molecule has 0 amide bonds. The molecule has 1 heterocycles. The van der Waals surface area contributed by atoms with Gasteiger partial charge in [0, 0.05) is 6.42 Å². The highest BCUT2D eigenvalue weighted by molar-refractivity contribution is 4.81. The highest BCUT2D eigenvalue weighted by Crippen LogP contribution is 2.05. The molecule has 0 saturated carbocycles. The van der Waals surface area contributed by atoms with Crippen molar-refractivity contribution >= 4 is 0 Å². The number of aryl methyl sites for hydroxylation is 1. The van der Waals surface area contributed by atoms with Crippen molar-refractivity contribution in [3.05, 3.63) is 12.2 Å². The van der Waals surface area contributed by atoms with Crippen LogP contribution in [0, 0.1) is 0 Å². The molecule has 1 rings (SSSR count). The van der Waals surface area contributed by atoms with E-state index in [0.717, 1.165) is 17.7 Å². The van der Waals surface area contributed by atoms with E-state index < -0.39 is 0 Å². The van der Waals surface area contributed by atoms with Gasteiger partial charge in [0.25, 0.3) is 0 Å². The molecule has 0 aliphatic carbocycles. The van der Waals surface area contributed by atoms with Crippen molar-refractivity contribution in [2.24, 2.45) is 0 Å². The summed E-state index contributed by atoms with van der Waals surface area (Å²) in [6.07, 6.45) is 8.32. The van der Waals surface area contributed by atoms with E-state index in [2.05, 4.69) is 17.0 Å². The van der Waals surface area contributed by atoms with E-state index in [1.807, 2.05) is 0 Å². The predicted octanol–water partition coefficient (Wildman–Crippen LogP) is 2.03. The predicted molar refractivity (Wildman–Crippen MR) is 49.7 cm³/mol. The third-order valence-electron chi connectivity index (χ3n) is 2.10. The summed E-state index contributed by atoms with van der Waals surface area (Å²) in [4.78, 5) is 4.80. The molecular weight excluding hydrogens is 166 g/mol. The van der Waals surface area contributed by atoms with E-state index in [1.54, 1.807) is 0 Å². The molecule has 13 heavy (non-hydrogen) atoms. The fourth-order valence-electron chi connectivity index (χ4n) is 1.31. The summed E-state index contributed by atoms with van der Waals surface area (Å²) in [5.41, 5.74) is 0. The molecule has 0 radical (unpaired) electrons. The van der Waals surface area contributed by atoms with Gasteiger partial charge in [0.05, 0.1) is 0 Å². The van der Waals surface area contributed by atoms with Crippen LogP contribution in [0.25, 0.3) is 0 Å². The first-order chi connectivity index (χ1) is 6.34. The van der Waals surface area contributed by atoms with Crippen LogP contribution in [0.4, 0.5) is 0 Å². The van der Waals surface area contributed by atoms with Crippen LogP contribution in [0.2, 0.25) is 0 Å². The lowest BCUT2D eigenvalue weighted by molar-refractivity contribution is 0.138. The molecule has 0 atom stereocenters. The van der Waals surface area contributed by atoms with Crippen molar-refractivity contribution in [2.45, 2.75) is 45.4 Å². The van der Waals surface area contributed by atoms with Crippen molar-refractivity contribution in [1.82, 2.24) is 14.9 Å². The lowest BCUT2D eigenvalue weighted by Crippen LogP contribution is -2.00. The van der Waals surface area contributed by atoms with Crippen LogP contribution >= 0.6 is 0 Å². The Morgan fingerprint density at radius 1 is 1.31 bits per heavy atom. The van der Waals surface area contributed by atoms with Gasteiger partial charge in [0.15, 0.2) is 5.82 Å². The normalized spacial score (nSPS) is 10.5. The van der Waals surface area contributed by atoms with Gasteiger partial charge in [-0.25, -0.2) is 4.98 Å². The van der Waals surface area contributed by atoms with E-state index in [1.165, 1.54) is 32.0 Å². The first kappa shape index (κ1) is 10.0. The number of nitrogens with zero attached hydrogens (tertiary/aromatic N) is 3. The minimum Gasteiger partial charge on any atom is -0.410 e. The first-order valence-corrected chi connectivity index (χ1v) is 4.92. The Morgan fingerprint density at radius 2 is 2.08 bits per heavy atom. The maximum absolute atomic E-state index is 9.10. The maximum atomic E-state index is 9.10. The second-order valence-corrected chi connectivity index (χ2v) is 3.23. The molecule has 1 N–H and O–H groups in total. The molecule has 1 aromatic heterocycles. The molecule has 0 aromatic carbocycles. The summed E-state index contributed by atoms with van der Waals surface area (Å²) in [5, 5.41) is 12.7. The third-order valence-corrected chi connectivity index (χ3v) is 2.10. The second-order valence-electron chi connectivity index (χ2n) is 3.23. The van der Waals surface area contributed by atoms with Crippen LogP contribution in [0.3, 0.4) is 0 Å². The average Bonchev–Trinajstić information content (AvgIpc) is 2.52. The van der Waals surface area contributed by atoms with Gasteiger partial charge in [-0.05, 0) is 6.42 Å². The molecule has 4 nitrogen and oxygen atoms in total. The van der Waals surface area contributed by atoms with E-state index in [9.17, 15) is 0 Å². The zero-order valence-electron chi connectivity index (χ0n) is 8.11. The molecule has 0 bridgehead atoms. The fourth-order valence-corrected chi connectivity index (χ4v) is 1.31. The van der Waals surface area contributed by atoms with Crippen molar-refractivity contribution in [2.75, 3.05) is 0 Å². The highest BCUT2D eigenvalue weighted by Gasteiger charge is 2.00. The summed E-state index contributed by atoms with van der Waals surface area (Å²) < 4.78 is 0. The Kier molecular flexibility index (Phi) is 4.29. The minimum absolute atomic E-state index is 0.663. The van der Waals surface area contributed by atoms with Gasteiger partial charge in [-0.15, -0.1) is 5.10 Å². The number of unbranched alkanes of at least 4 members (excludes halogenated alkanes) is 4. The van der Waals surface area contributed by atoms with E-state index in [0.29, 0.717) is 5.82 Å². The summed E-state index contributed by atoms with van der Waals surface area (Å²) >= 11 is 0. The summed E-state index contributed by atoms with van der Waals surface area (Å²) in [7, 11) is 0. The van der Waals surface area contributed by atoms with Crippen LogP contribution in [0.1, 0.15) is 44.9 Å². The molecule has 0 aliphatic heterocycles. The van der Waals surface area contributed by atoms with Gasteiger partial charge in [-0.3, -0.25) is 0 Å². The lowest BCUT2D eigenvalue weighted by Gasteiger charge is -1.98. The topological polar surface area (TPSA) is 50.9 Å². The average molecular weight is 183 g/mol. The Bertz CT molecular complexity index is 235. The molecule has 0 saturated heterocycles. The minimum atomic E-state index is 0.663. The standard InChI is InChI=1S/C9H17N3O/c1-2-3-4-5-6-7-9-10-8-11-12(9)13/h8,13H,2-7H2,1H3. The van der Waals surface area contributed by atoms with Crippen LogP contribution in [-0.2, 0) is 6.42 Å². The SMILES string of the molecule is CCCCCCCc1ncnn1O. The molecule has 0 aliphatic rings. The van der Waals surface area contributed by atoms with Crippen molar-refractivity contribution in [3.63, 3.8) is 0 Å². The van der Waals surface area contributed by atoms with Crippen LogP contribution in [-0.4, -0.2) is 20.1 Å². The van der Waals surface area contributed by atoms with Crippen molar-refractivity contribution < 1.29 is 5.21 Å². The smallest absolute Gasteiger partial charge is 0.167 e. The largest absolute Gasteiger partial charge is 0.410 e. The Morgan fingerprint density at radius 3 is 2.69 bits per heavy atom. The van der Waals surface area contributed by atoms with Crippen LogP contribution in [0.15, 0.2) is 6.33 Å². The van der Waals surface area contributed by atoms with Crippen LogP contribution < -0.4 is 0 Å². The molecule has 0 unspecified atom stereocenters. The fraction of sp³-hybridized carbons (Fsp3) is 0.778. The molecule has 0 spiro atoms. The lowest BCUT2D eigenvalue weighted by atomic mass is 10.1. The molecular formula is C9H17N3O. The van der Waals surface area contributed by atoms with Gasteiger partial charge in [0.2, 0.25) is 0 Å². The van der Waals surface area contributed by atoms with Gasteiger partial charge in [0.1, 0.15) is 6.33 Å². The molecule has 4 heteroatoms. The number of rotatable bonds is 6. The zero-order valence-corrected chi connectivity index (χ0v) is 8.11. The Hall–Kier alpha value is -1.06. The van der Waals surface area contributed by atoms with Crippen molar-refractivity contribution in [3.8, 4) is 0 Å². The monoisotopic (exact) mass is 183 g/mol. The van der Waals surface area contributed by atoms with Gasteiger partial charge >= 0.3 is 0 Å². The number of hydrogen-bond donors (Lipinski definition) is 1. The van der Waals surface area contributed by atoms with Gasteiger partial charge in [-0.2, -0.15) is 0 Å². The molecule has 74 valence electrons. The Labute approximate surface area is 78.6 Å². The zero-order chi connectivity index (χ0) is 9.52. The maximum Gasteiger partial charge on any atom is 0.167 e. The molecule has 1 aromatic rings. The van der Waals surface area contributed by atoms with E-state index in [4.69, 9.17) is 5.21 Å². The summed E-state index contributed by atoms with van der Waals surface area (Å²) in [5.74, 6) is 0.663. The summed E-state index contributed by atoms with van der Waals surface area (Å²) in [6, 6.07) is 0. The quantitative estimate of drug-likeness (QED) is 0.542. The van der Waals surface area contributed by atoms with E-state index in [-0.39, 0.29) is 0 Å². The van der Waals surface area contributed by atoms with Crippen LogP contribution in [0.5, 0.6) is 0 Å². The van der Waals surface area contributed by atoms with Crippen molar-refractivity contribution in [1.29, 1.82) is 0 Å². The third kappa shape index (κ3) is 3.44. The van der Waals surface area contributed by atoms with E-state index >= 15 is 0 Å². The first-order valence-electron chi connectivity index (χ1n) is 4.92. The number of aromatic nitrogens is 3. The molecule has 0 fully saturated rings. The van der Waals surface area contributed by atoms with Gasteiger partial charge in [-0.1, -0.05) is 37.5 Å².